The predicted octanol–water partition coefficient (Wildman–Crippen LogP) is 2.40. The molecule has 1 amide bonds. The van der Waals surface area contributed by atoms with E-state index in [9.17, 15) is 9.90 Å². The molecule has 0 atom stereocenters. The summed E-state index contributed by atoms with van der Waals surface area (Å²) in [5.74, 6) is 0.0879. The number of phenolic OH excluding ortho intramolecular Hbond substituents is 1. The Morgan fingerprint density at radius 1 is 1.50 bits per heavy atom. The zero-order chi connectivity index (χ0) is 12.0. The van der Waals surface area contributed by atoms with Crippen LogP contribution in [-0.4, -0.2) is 17.6 Å². The summed E-state index contributed by atoms with van der Waals surface area (Å²) in [6.45, 7) is 4.38. The van der Waals surface area contributed by atoms with Crippen molar-refractivity contribution < 1.29 is 9.90 Å². The second kappa shape index (κ2) is 5.95. The molecule has 2 N–H and O–H groups in total. The standard InChI is InChI=1S/C13H17NO2/c1-3-4-5-8-14-13(16)12-7-6-11(15)9-10(12)2/h3-4,6-7,9,15H,5,8H2,1-2H3,(H,14,16)/b4-3+. The quantitative estimate of drug-likeness (QED) is 0.603. The Morgan fingerprint density at radius 2 is 2.25 bits per heavy atom. The van der Waals surface area contributed by atoms with Crippen LogP contribution in [0.2, 0.25) is 0 Å². The van der Waals surface area contributed by atoms with E-state index in [1.54, 1.807) is 19.1 Å². The van der Waals surface area contributed by atoms with E-state index in [0.717, 1.165) is 12.0 Å². The van der Waals surface area contributed by atoms with E-state index in [0.29, 0.717) is 12.1 Å². The van der Waals surface area contributed by atoms with Crippen molar-refractivity contribution in [2.24, 2.45) is 0 Å². The Labute approximate surface area is 95.8 Å². The van der Waals surface area contributed by atoms with E-state index in [4.69, 9.17) is 0 Å². The molecule has 0 bridgehead atoms. The summed E-state index contributed by atoms with van der Waals surface area (Å²) >= 11 is 0. The van der Waals surface area contributed by atoms with Gasteiger partial charge in [0.1, 0.15) is 5.75 Å². The number of carbonyl (C=O) groups is 1. The topological polar surface area (TPSA) is 49.3 Å². The van der Waals surface area contributed by atoms with E-state index in [1.807, 2.05) is 19.1 Å². The van der Waals surface area contributed by atoms with Crippen LogP contribution in [0.25, 0.3) is 0 Å². The first-order valence-electron chi connectivity index (χ1n) is 5.34. The van der Waals surface area contributed by atoms with Gasteiger partial charge < -0.3 is 10.4 Å². The van der Waals surface area contributed by atoms with Crippen LogP contribution in [0.3, 0.4) is 0 Å². The van der Waals surface area contributed by atoms with Gasteiger partial charge >= 0.3 is 0 Å². The van der Waals surface area contributed by atoms with Crippen LogP contribution in [0.15, 0.2) is 30.4 Å². The molecule has 3 heteroatoms. The number of hydrogen-bond acceptors (Lipinski definition) is 2. The van der Waals surface area contributed by atoms with Gasteiger partial charge in [0.25, 0.3) is 5.91 Å². The van der Waals surface area contributed by atoms with Crippen LogP contribution in [0.4, 0.5) is 0 Å². The lowest BCUT2D eigenvalue weighted by Crippen LogP contribution is -2.24. The van der Waals surface area contributed by atoms with Crippen LogP contribution < -0.4 is 5.32 Å². The van der Waals surface area contributed by atoms with Crippen molar-refractivity contribution in [3.05, 3.63) is 41.5 Å². The molecular formula is C13H17NO2. The first-order valence-corrected chi connectivity index (χ1v) is 5.34. The molecule has 86 valence electrons. The Morgan fingerprint density at radius 3 is 2.88 bits per heavy atom. The number of carbonyl (C=O) groups excluding carboxylic acids is 1. The molecule has 16 heavy (non-hydrogen) atoms. The van der Waals surface area contributed by atoms with Crippen LogP contribution in [0, 0.1) is 6.92 Å². The fourth-order valence-corrected chi connectivity index (χ4v) is 1.43. The number of nitrogens with one attached hydrogen (secondary N) is 1. The van der Waals surface area contributed by atoms with Gasteiger partial charge in [-0.3, -0.25) is 4.79 Å². The van der Waals surface area contributed by atoms with Crippen molar-refractivity contribution in [1.29, 1.82) is 0 Å². The van der Waals surface area contributed by atoms with E-state index < -0.39 is 0 Å². The molecule has 0 spiro atoms. The number of hydrogen-bond donors (Lipinski definition) is 2. The molecule has 0 aliphatic heterocycles. The van der Waals surface area contributed by atoms with Crippen LogP contribution in [-0.2, 0) is 0 Å². The number of amides is 1. The van der Waals surface area contributed by atoms with Crippen molar-refractivity contribution in [1.82, 2.24) is 5.32 Å². The molecule has 1 rings (SSSR count). The molecule has 0 aliphatic rings. The first kappa shape index (κ1) is 12.3. The van der Waals surface area contributed by atoms with Gasteiger partial charge in [-0.2, -0.15) is 0 Å². The fraction of sp³-hybridized carbons (Fsp3) is 0.308. The zero-order valence-corrected chi connectivity index (χ0v) is 9.66. The molecule has 3 nitrogen and oxygen atoms in total. The molecule has 1 aromatic carbocycles. The molecule has 0 radical (unpaired) electrons. The summed E-state index contributed by atoms with van der Waals surface area (Å²) < 4.78 is 0. The largest absolute Gasteiger partial charge is 0.508 e. The van der Waals surface area contributed by atoms with Crippen molar-refractivity contribution in [2.45, 2.75) is 20.3 Å². The number of allylic oxidation sites excluding steroid dienone is 1. The summed E-state index contributed by atoms with van der Waals surface area (Å²) in [7, 11) is 0. The third-order valence-electron chi connectivity index (χ3n) is 2.29. The molecule has 0 aliphatic carbocycles. The number of rotatable bonds is 4. The van der Waals surface area contributed by atoms with Crippen LogP contribution in [0.5, 0.6) is 5.75 Å². The van der Waals surface area contributed by atoms with Crippen molar-refractivity contribution >= 4 is 5.91 Å². The Bertz CT molecular complexity index is 397. The summed E-state index contributed by atoms with van der Waals surface area (Å²) in [5.41, 5.74) is 1.39. The minimum atomic E-state index is -0.0954. The van der Waals surface area contributed by atoms with Gasteiger partial charge in [0.2, 0.25) is 0 Å². The fourth-order valence-electron chi connectivity index (χ4n) is 1.43. The number of benzene rings is 1. The Hall–Kier alpha value is -1.77. The normalized spacial score (nSPS) is 10.6. The van der Waals surface area contributed by atoms with Gasteiger partial charge in [0, 0.05) is 12.1 Å². The summed E-state index contributed by atoms with van der Waals surface area (Å²) in [5, 5.41) is 12.0. The molecule has 1 aromatic rings. The van der Waals surface area contributed by atoms with Gasteiger partial charge in [-0.15, -0.1) is 0 Å². The predicted molar refractivity (Wildman–Crippen MR) is 64.6 cm³/mol. The van der Waals surface area contributed by atoms with Gasteiger partial charge in [-0.05, 0) is 44.0 Å². The molecule has 0 saturated heterocycles. The summed E-state index contributed by atoms with van der Waals surface area (Å²) in [6.07, 6.45) is 4.79. The van der Waals surface area contributed by atoms with Gasteiger partial charge in [0.05, 0.1) is 0 Å². The number of phenols is 1. The monoisotopic (exact) mass is 219 g/mol. The van der Waals surface area contributed by atoms with E-state index in [-0.39, 0.29) is 11.7 Å². The number of aromatic hydroxyl groups is 1. The van der Waals surface area contributed by atoms with E-state index >= 15 is 0 Å². The Balaban J connectivity index is 2.59. The number of aryl methyl sites for hydroxylation is 1. The maximum Gasteiger partial charge on any atom is 0.251 e. The maximum atomic E-state index is 11.7. The third kappa shape index (κ3) is 3.42. The molecule has 0 saturated carbocycles. The van der Waals surface area contributed by atoms with Crippen LogP contribution in [0.1, 0.15) is 29.3 Å². The molecule has 0 unspecified atom stereocenters. The van der Waals surface area contributed by atoms with Crippen molar-refractivity contribution in [3.8, 4) is 5.75 Å². The zero-order valence-electron chi connectivity index (χ0n) is 9.66. The highest BCUT2D eigenvalue weighted by atomic mass is 16.3. The second-order valence-electron chi connectivity index (χ2n) is 3.61. The van der Waals surface area contributed by atoms with Gasteiger partial charge in [0.15, 0.2) is 0 Å². The van der Waals surface area contributed by atoms with E-state index in [2.05, 4.69) is 5.32 Å². The summed E-state index contributed by atoms with van der Waals surface area (Å²) in [4.78, 5) is 11.7. The molecule has 0 heterocycles. The first-order chi connectivity index (χ1) is 7.65. The highest BCUT2D eigenvalue weighted by Crippen LogP contribution is 2.15. The third-order valence-corrected chi connectivity index (χ3v) is 2.29. The highest BCUT2D eigenvalue weighted by molar-refractivity contribution is 5.95. The second-order valence-corrected chi connectivity index (χ2v) is 3.61. The lowest BCUT2D eigenvalue weighted by atomic mass is 10.1. The van der Waals surface area contributed by atoms with Crippen molar-refractivity contribution in [2.75, 3.05) is 6.54 Å². The summed E-state index contributed by atoms with van der Waals surface area (Å²) in [6, 6.07) is 4.74. The molecular weight excluding hydrogens is 202 g/mol. The molecule has 0 fully saturated rings. The van der Waals surface area contributed by atoms with Crippen molar-refractivity contribution in [3.63, 3.8) is 0 Å². The van der Waals surface area contributed by atoms with Gasteiger partial charge in [-0.1, -0.05) is 12.2 Å². The minimum absolute atomic E-state index is 0.0954. The van der Waals surface area contributed by atoms with Crippen LogP contribution >= 0.6 is 0 Å². The Kier molecular flexibility index (Phi) is 4.58. The SMILES string of the molecule is C/C=C/CCNC(=O)c1ccc(O)cc1C. The highest BCUT2D eigenvalue weighted by Gasteiger charge is 2.07. The average molecular weight is 219 g/mol. The lowest BCUT2D eigenvalue weighted by molar-refractivity contribution is 0.0954. The van der Waals surface area contributed by atoms with E-state index in [1.165, 1.54) is 6.07 Å². The maximum absolute atomic E-state index is 11.7. The molecule has 0 aromatic heterocycles. The smallest absolute Gasteiger partial charge is 0.251 e. The van der Waals surface area contributed by atoms with Gasteiger partial charge in [-0.25, -0.2) is 0 Å². The average Bonchev–Trinajstić information content (AvgIpc) is 2.24. The minimum Gasteiger partial charge on any atom is -0.508 e. The lowest BCUT2D eigenvalue weighted by Gasteiger charge is -2.06.